The van der Waals surface area contributed by atoms with E-state index in [2.05, 4.69) is 6.58 Å². The van der Waals surface area contributed by atoms with E-state index in [4.69, 9.17) is 4.74 Å². The maximum Gasteiger partial charge on any atom is 0.0950 e. The number of rotatable bonds is 0. The Morgan fingerprint density at radius 1 is 1.18 bits per heavy atom. The van der Waals surface area contributed by atoms with Crippen LogP contribution in [0.3, 0.4) is 0 Å². The molecule has 3 aliphatic rings. The summed E-state index contributed by atoms with van der Waals surface area (Å²) >= 11 is 0. The molecular weight excluding hydrogens is 136 g/mol. The Hall–Kier alpha value is -0.460. The minimum absolute atomic E-state index is 0.467. The van der Waals surface area contributed by atoms with Crippen molar-refractivity contribution in [1.29, 1.82) is 0 Å². The Morgan fingerprint density at radius 2 is 1.91 bits per heavy atom. The van der Waals surface area contributed by atoms with Gasteiger partial charge in [-0.1, -0.05) is 6.58 Å². The molecule has 2 aliphatic carbocycles. The first-order valence-electron chi connectivity index (χ1n) is 4.57. The molecule has 0 unspecified atom stereocenters. The molecule has 3 fully saturated rings. The summed E-state index contributed by atoms with van der Waals surface area (Å²) in [6.07, 6.45) is 6.88. The van der Waals surface area contributed by atoms with Crippen LogP contribution in [0.5, 0.6) is 0 Å². The van der Waals surface area contributed by atoms with Crippen LogP contribution in [-0.4, -0.2) is 6.61 Å². The number of hydrogen-bond donors (Lipinski definition) is 0. The Bertz CT molecular complexity index is 221. The molecule has 0 radical (unpaired) electrons. The summed E-state index contributed by atoms with van der Waals surface area (Å²) in [5, 5.41) is 0. The van der Waals surface area contributed by atoms with Crippen LogP contribution >= 0.6 is 0 Å². The van der Waals surface area contributed by atoms with Gasteiger partial charge in [0.25, 0.3) is 0 Å². The lowest BCUT2D eigenvalue weighted by Crippen LogP contribution is -2.25. The van der Waals surface area contributed by atoms with E-state index in [1.165, 1.54) is 32.1 Å². The Morgan fingerprint density at radius 3 is 2.45 bits per heavy atom. The highest BCUT2D eigenvalue weighted by molar-refractivity contribution is 5.20. The highest BCUT2D eigenvalue weighted by Gasteiger charge is 2.59. The van der Waals surface area contributed by atoms with Gasteiger partial charge in [0, 0.05) is 10.8 Å². The third-order valence-corrected chi connectivity index (χ3v) is 3.67. The van der Waals surface area contributed by atoms with Crippen molar-refractivity contribution in [3.63, 3.8) is 0 Å². The molecule has 3 rings (SSSR count). The van der Waals surface area contributed by atoms with Gasteiger partial charge in [0.1, 0.15) is 0 Å². The summed E-state index contributed by atoms with van der Waals surface area (Å²) in [7, 11) is 0. The van der Waals surface area contributed by atoms with Gasteiger partial charge in [-0.3, -0.25) is 0 Å². The first-order chi connectivity index (χ1) is 5.25. The van der Waals surface area contributed by atoms with E-state index in [0.717, 1.165) is 12.4 Å². The highest BCUT2D eigenvalue weighted by Crippen LogP contribution is 2.67. The number of hydrogen-bond acceptors (Lipinski definition) is 1. The lowest BCUT2D eigenvalue weighted by atomic mass is 9.86. The summed E-state index contributed by atoms with van der Waals surface area (Å²) in [4.78, 5) is 0. The Kier molecular flexibility index (Phi) is 0.832. The zero-order valence-electron chi connectivity index (χ0n) is 6.86. The van der Waals surface area contributed by atoms with Crippen molar-refractivity contribution >= 4 is 0 Å². The summed E-state index contributed by atoms with van der Waals surface area (Å²) in [6, 6.07) is 0. The molecule has 60 valence electrons. The van der Waals surface area contributed by atoms with Crippen LogP contribution in [-0.2, 0) is 4.74 Å². The van der Waals surface area contributed by atoms with Gasteiger partial charge < -0.3 is 4.74 Å². The van der Waals surface area contributed by atoms with Crippen LogP contribution in [0.25, 0.3) is 0 Å². The largest absolute Gasteiger partial charge is 0.497 e. The minimum Gasteiger partial charge on any atom is -0.497 e. The highest BCUT2D eigenvalue weighted by atomic mass is 16.5. The maximum atomic E-state index is 5.64. The van der Waals surface area contributed by atoms with E-state index >= 15 is 0 Å². The fourth-order valence-electron chi connectivity index (χ4n) is 2.37. The first kappa shape index (κ1) is 6.10. The molecule has 1 heteroatoms. The second-order valence-electron chi connectivity index (χ2n) is 4.67. The first-order valence-corrected chi connectivity index (χ1v) is 4.57. The van der Waals surface area contributed by atoms with E-state index in [-0.39, 0.29) is 0 Å². The monoisotopic (exact) mass is 150 g/mol. The van der Waals surface area contributed by atoms with Gasteiger partial charge in [-0.2, -0.15) is 0 Å². The van der Waals surface area contributed by atoms with Gasteiger partial charge in [0.15, 0.2) is 0 Å². The van der Waals surface area contributed by atoms with E-state index in [1.54, 1.807) is 0 Å². The van der Waals surface area contributed by atoms with Crippen LogP contribution in [0.1, 0.15) is 32.1 Å². The second-order valence-corrected chi connectivity index (χ2v) is 4.67. The SMILES string of the molecule is C=C1OCC2(CC2)CC12CC2. The minimum atomic E-state index is 0.467. The Balaban J connectivity index is 1.87. The molecule has 0 bridgehead atoms. The molecule has 1 nitrogen and oxygen atoms in total. The molecule has 0 N–H and O–H groups in total. The van der Waals surface area contributed by atoms with Gasteiger partial charge in [0.05, 0.1) is 12.4 Å². The molecule has 1 aliphatic heterocycles. The molecule has 2 saturated carbocycles. The van der Waals surface area contributed by atoms with Gasteiger partial charge in [-0.25, -0.2) is 0 Å². The summed E-state index contributed by atoms with van der Waals surface area (Å²) in [5.74, 6) is 1.09. The molecule has 0 amide bonds. The molecule has 11 heavy (non-hydrogen) atoms. The van der Waals surface area contributed by atoms with Gasteiger partial charge >= 0.3 is 0 Å². The zero-order chi connectivity index (χ0) is 7.53. The third kappa shape index (κ3) is 0.715. The molecule has 2 spiro atoms. The van der Waals surface area contributed by atoms with E-state index in [9.17, 15) is 0 Å². The van der Waals surface area contributed by atoms with Gasteiger partial charge in [-0.15, -0.1) is 0 Å². The molecular formula is C10H14O. The predicted octanol–water partition coefficient (Wildman–Crippen LogP) is 2.48. The number of ether oxygens (including phenoxy) is 1. The molecule has 0 atom stereocenters. The molecule has 0 aromatic carbocycles. The fraction of sp³-hybridized carbons (Fsp3) is 0.800. The lowest BCUT2D eigenvalue weighted by Gasteiger charge is -2.31. The molecule has 1 saturated heterocycles. The van der Waals surface area contributed by atoms with Crippen molar-refractivity contribution in [2.24, 2.45) is 10.8 Å². The smallest absolute Gasteiger partial charge is 0.0950 e. The molecule has 0 aromatic rings. The van der Waals surface area contributed by atoms with Crippen LogP contribution < -0.4 is 0 Å². The third-order valence-electron chi connectivity index (χ3n) is 3.67. The van der Waals surface area contributed by atoms with E-state index in [1.807, 2.05) is 0 Å². The van der Waals surface area contributed by atoms with Crippen molar-refractivity contribution in [3.8, 4) is 0 Å². The molecule has 0 aromatic heterocycles. The van der Waals surface area contributed by atoms with Crippen molar-refractivity contribution in [3.05, 3.63) is 12.3 Å². The van der Waals surface area contributed by atoms with Crippen molar-refractivity contribution < 1.29 is 4.74 Å². The standard InChI is InChI=1S/C10H14O/c1-8-10(4-5-10)6-9(2-3-9)7-11-8/h1-7H2. The average molecular weight is 150 g/mol. The maximum absolute atomic E-state index is 5.64. The topological polar surface area (TPSA) is 9.23 Å². The van der Waals surface area contributed by atoms with Gasteiger partial charge in [0.2, 0.25) is 0 Å². The summed E-state index contributed by atoms with van der Waals surface area (Å²) in [5.41, 5.74) is 1.09. The molecule has 1 heterocycles. The summed E-state index contributed by atoms with van der Waals surface area (Å²) in [6.45, 7) is 4.97. The van der Waals surface area contributed by atoms with E-state index < -0.39 is 0 Å². The second kappa shape index (κ2) is 1.50. The number of allylic oxidation sites excluding steroid dienone is 1. The predicted molar refractivity (Wildman–Crippen MR) is 43.0 cm³/mol. The van der Waals surface area contributed by atoms with Crippen molar-refractivity contribution in [2.45, 2.75) is 32.1 Å². The fourth-order valence-corrected chi connectivity index (χ4v) is 2.37. The van der Waals surface area contributed by atoms with Crippen LogP contribution in [0.4, 0.5) is 0 Å². The van der Waals surface area contributed by atoms with Crippen molar-refractivity contribution in [2.75, 3.05) is 6.61 Å². The van der Waals surface area contributed by atoms with Gasteiger partial charge in [-0.05, 0) is 32.1 Å². The summed E-state index contributed by atoms with van der Waals surface area (Å²) < 4.78 is 5.64. The zero-order valence-corrected chi connectivity index (χ0v) is 6.86. The normalized spacial score (nSPS) is 35.5. The van der Waals surface area contributed by atoms with Crippen LogP contribution in [0, 0.1) is 10.8 Å². The van der Waals surface area contributed by atoms with Crippen LogP contribution in [0.15, 0.2) is 12.3 Å². The Labute approximate surface area is 67.4 Å². The quantitative estimate of drug-likeness (QED) is 0.515. The van der Waals surface area contributed by atoms with Crippen LogP contribution in [0.2, 0.25) is 0 Å². The average Bonchev–Trinajstić information content (AvgIpc) is 2.86. The lowest BCUT2D eigenvalue weighted by molar-refractivity contribution is 0.0573. The van der Waals surface area contributed by atoms with E-state index in [0.29, 0.717) is 10.8 Å². The van der Waals surface area contributed by atoms with Crippen molar-refractivity contribution in [1.82, 2.24) is 0 Å².